The normalized spacial score (nSPS) is 10.8. The highest BCUT2D eigenvalue weighted by molar-refractivity contribution is 9.10. The summed E-state index contributed by atoms with van der Waals surface area (Å²) in [4.78, 5) is 16.8. The molecule has 0 heterocycles. The topological polar surface area (TPSA) is 59.9 Å². The molecule has 0 aliphatic heterocycles. The van der Waals surface area contributed by atoms with Crippen LogP contribution in [0.25, 0.3) is 0 Å². The fraction of sp³-hybridized carbons (Fsp3) is 0.167. The molecule has 1 N–H and O–H groups in total. The number of hydrogen-bond donors (Lipinski definition) is 1. The number of amides is 1. The number of anilines is 1. The second-order valence-corrected chi connectivity index (χ2v) is 7.36. The van der Waals surface area contributed by atoms with Crippen LogP contribution in [0, 0.1) is 6.92 Å². The second kappa shape index (κ2) is 10.6. The van der Waals surface area contributed by atoms with Crippen LogP contribution in [0.2, 0.25) is 0 Å². The zero-order valence-electron chi connectivity index (χ0n) is 16.9. The van der Waals surface area contributed by atoms with Gasteiger partial charge in [-0.3, -0.25) is 9.79 Å². The van der Waals surface area contributed by atoms with Gasteiger partial charge in [-0.2, -0.15) is 0 Å². The van der Waals surface area contributed by atoms with Crippen LogP contribution < -0.4 is 14.8 Å². The number of para-hydroxylation sites is 2. The summed E-state index contributed by atoms with van der Waals surface area (Å²) in [6, 6.07) is 20.9. The van der Waals surface area contributed by atoms with Gasteiger partial charge in [-0.05, 0) is 71.2 Å². The van der Waals surface area contributed by atoms with Gasteiger partial charge in [0, 0.05) is 11.9 Å². The fourth-order valence-electron chi connectivity index (χ4n) is 2.77. The van der Waals surface area contributed by atoms with Crippen LogP contribution in [0.3, 0.4) is 0 Å². The van der Waals surface area contributed by atoms with Crippen molar-refractivity contribution in [2.45, 2.75) is 13.8 Å². The van der Waals surface area contributed by atoms with E-state index in [1.807, 2.05) is 80.6 Å². The van der Waals surface area contributed by atoms with Gasteiger partial charge in [0.1, 0.15) is 0 Å². The smallest absolute Gasteiger partial charge is 0.262 e. The maximum atomic E-state index is 12.2. The van der Waals surface area contributed by atoms with Crippen LogP contribution in [-0.4, -0.2) is 25.3 Å². The maximum Gasteiger partial charge on any atom is 0.262 e. The molecule has 30 heavy (non-hydrogen) atoms. The van der Waals surface area contributed by atoms with E-state index in [0.717, 1.165) is 22.5 Å². The van der Waals surface area contributed by atoms with Crippen molar-refractivity contribution in [2.75, 3.05) is 18.5 Å². The summed E-state index contributed by atoms with van der Waals surface area (Å²) < 4.78 is 12.2. The molecule has 5 nitrogen and oxygen atoms in total. The van der Waals surface area contributed by atoms with Crippen molar-refractivity contribution >= 4 is 39.4 Å². The number of halogens is 1. The Morgan fingerprint density at radius 2 is 1.80 bits per heavy atom. The Morgan fingerprint density at radius 1 is 1.07 bits per heavy atom. The third kappa shape index (κ3) is 5.94. The van der Waals surface area contributed by atoms with Crippen molar-refractivity contribution in [1.29, 1.82) is 0 Å². The maximum absolute atomic E-state index is 12.2. The van der Waals surface area contributed by atoms with Gasteiger partial charge in [0.15, 0.2) is 18.1 Å². The molecular weight excluding hydrogens is 444 g/mol. The molecule has 0 aliphatic carbocycles. The van der Waals surface area contributed by atoms with Crippen molar-refractivity contribution in [3.63, 3.8) is 0 Å². The first kappa shape index (κ1) is 21.6. The Hall–Kier alpha value is -3.12. The molecule has 3 aromatic rings. The number of rotatable bonds is 8. The van der Waals surface area contributed by atoms with E-state index in [9.17, 15) is 4.79 Å². The molecule has 154 valence electrons. The van der Waals surface area contributed by atoms with Gasteiger partial charge < -0.3 is 14.8 Å². The van der Waals surface area contributed by atoms with Gasteiger partial charge in [-0.1, -0.05) is 36.4 Å². The third-order valence-electron chi connectivity index (χ3n) is 4.21. The van der Waals surface area contributed by atoms with Crippen molar-refractivity contribution in [2.24, 2.45) is 4.99 Å². The molecule has 0 radical (unpaired) electrons. The highest BCUT2D eigenvalue weighted by Crippen LogP contribution is 2.36. The number of hydrogen-bond acceptors (Lipinski definition) is 4. The van der Waals surface area contributed by atoms with Crippen LogP contribution in [0.1, 0.15) is 18.1 Å². The molecule has 0 aliphatic rings. The lowest BCUT2D eigenvalue weighted by Crippen LogP contribution is -2.20. The molecule has 0 bridgehead atoms. The molecule has 0 fully saturated rings. The van der Waals surface area contributed by atoms with Crippen molar-refractivity contribution in [3.8, 4) is 11.5 Å². The summed E-state index contributed by atoms with van der Waals surface area (Å²) in [5, 5.41) is 2.80. The standard InChI is InChI=1S/C24H23BrN2O3/c1-3-29-22-14-18(15-26-21-12-8-7-9-17(21)2)13-20(25)24(22)30-16-23(28)27-19-10-5-4-6-11-19/h4-15H,3,16H2,1-2H3,(H,27,28). The average Bonchev–Trinajstić information content (AvgIpc) is 2.73. The van der Waals surface area contributed by atoms with Crippen LogP contribution in [0.5, 0.6) is 11.5 Å². The fourth-order valence-corrected chi connectivity index (χ4v) is 3.35. The minimum absolute atomic E-state index is 0.135. The van der Waals surface area contributed by atoms with Gasteiger partial charge >= 0.3 is 0 Å². The van der Waals surface area contributed by atoms with Crippen molar-refractivity contribution in [3.05, 3.63) is 82.3 Å². The summed E-state index contributed by atoms with van der Waals surface area (Å²) in [6.45, 7) is 4.25. The van der Waals surface area contributed by atoms with E-state index in [2.05, 4.69) is 26.2 Å². The summed E-state index contributed by atoms with van der Waals surface area (Å²) in [6.07, 6.45) is 1.78. The summed E-state index contributed by atoms with van der Waals surface area (Å²) in [7, 11) is 0. The van der Waals surface area contributed by atoms with E-state index in [-0.39, 0.29) is 12.5 Å². The highest BCUT2D eigenvalue weighted by Gasteiger charge is 2.14. The van der Waals surface area contributed by atoms with Gasteiger partial charge in [0.05, 0.1) is 16.8 Å². The van der Waals surface area contributed by atoms with Gasteiger partial charge in [-0.15, -0.1) is 0 Å². The lowest BCUT2D eigenvalue weighted by Gasteiger charge is -2.14. The number of ether oxygens (including phenoxy) is 2. The quantitative estimate of drug-likeness (QED) is 0.418. The first-order valence-electron chi connectivity index (χ1n) is 9.60. The Labute approximate surface area is 184 Å². The van der Waals surface area contributed by atoms with Crippen LogP contribution in [0.4, 0.5) is 11.4 Å². The Bertz CT molecular complexity index is 1040. The van der Waals surface area contributed by atoms with Crippen LogP contribution in [-0.2, 0) is 4.79 Å². The molecule has 0 unspecified atom stereocenters. The van der Waals surface area contributed by atoms with Gasteiger partial charge in [-0.25, -0.2) is 0 Å². The second-order valence-electron chi connectivity index (χ2n) is 6.51. The van der Waals surface area contributed by atoms with E-state index in [4.69, 9.17) is 9.47 Å². The van der Waals surface area contributed by atoms with E-state index in [1.54, 1.807) is 6.21 Å². The predicted molar refractivity (Wildman–Crippen MR) is 124 cm³/mol. The molecule has 6 heteroatoms. The molecule has 0 spiro atoms. The number of benzene rings is 3. The molecular formula is C24H23BrN2O3. The van der Waals surface area contributed by atoms with E-state index in [0.29, 0.717) is 22.6 Å². The lowest BCUT2D eigenvalue weighted by molar-refractivity contribution is -0.118. The van der Waals surface area contributed by atoms with Crippen LogP contribution >= 0.6 is 15.9 Å². The Morgan fingerprint density at radius 3 is 2.53 bits per heavy atom. The summed E-state index contributed by atoms with van der Waals surface area (Å²) >= 11 is 3.53. The average molecular weight is 467 g/mol. The minimum atomic E-state index is -0.249. The van der Waals surface area contributed by atoms with Crippen LogP contribution in [0.15, 0.2) is 76.2 Å². The van der Waals surface area contributed by atoms with Crippen molar-refractivity contribution in [1.82, 2.24) is 0 Å². The monoisotopic (exact) mass is 466 g/mol. The summed E-state index contributed by atoms with van der Waals surface area (Å²) in [5.74, 6) is 0.777. The van der Waals surface area contributed by atoms with Crippen molar-refractivity contribution < 1.29 is 14.3 Å². The van der Waals surface area contributed by atoms with E-state index >= 15 is 0 Å². The first-order chi connectivity index (χ1) is 14.6. The predicted octanol–water partition coefficient (Wildman–Crippen LogP) is 5.92. The third-order valence-corrected chi connectivity index (χ3v) is 4.79. The number of carbonyl (C=O) groups excluding carboxylic acids is 1. The molecule has 1 amide bonds. The molecule has 0 atom stereocenters. The zero-order chi connectivity index (χ0) is 21.3. The molecule has 3 rings (SSSR count). The lowest BCUT2D eigenvalue weighted by atomic mass is 10.2. The summed E-state index contributed by atoms with van der Waals surface area (Å²) in [5.41, 5.74) is 3.58. The zero-order valence-corrected chi connectivity index (χ0v) is 18.5. The van der Waals surface area contributed by atoms with E-state index < -0.39 is 0 Å². The molecule has 0 aromatic heterocycles. The number of carbonyl (C=O) groups is 1. The van der Waals surface area contributed by atoms with Gasteiger partial charge in [0.25, 0.3) is 5.91 Å². The number of aliphatic imine (C=N–C) groups is 1. The minimum Gasteiger partial charge on any atom is -0.490 e. The van der Waals surface area contributed by atoms with Gasteiger partial charge in [0.2, 0.25) is 0 Å². The highest BCUT2D eigenvalue weighted by atomic mass is 79.9. The SMILES string of the molecule is CCOc1cc(C=Nc2ccccc2C)cc(Br)c1OCC(=O)Nc1ccccc1. The Balaban J connectivity index is 1.74. The largest absolute Gasteiger partial charge is 0.490 e. The first-order valence-corrected chi connectivity index (χ1v) is 10.4. The molecule has 0 saturated carbocycles. The number of nitrogens with one attached hydrogen (secondary N) is 1. The molecule has 0 saturated heterocycles. The van der Waals surface area contributed by atoms with E-state index in [1.165, 1.54) is 0 Å². The number of nitrogens with zero attached hydrogens (tertiary/aromatic N) is 1. The molecule has 3 aromatic carbocycles. The Kier molecular flexibility index (Phi) is 7.63. The number of aryl methyl sites for hydroxylation is 1.